The Morgan fingerprint density at radius 3 is 2.67 bits per heavy atom. The molecule has 2 N–H and O–H groups in total. The highest BCUT2D eigenvalue weighted by Crippen LogP contribution is 2.28. The topological polar surface area (TPSA) is 51.4 Å². The summed E-state index contributed by atoms with van der Waals surface area (Å²) in [5, 5.41) is 1.16. The number of nitrogens with zero attached hydrogens (tertiary/aromatic N) is 2. The lowest BCUT2D eigenvalue weighted by atomic mass is 10.3. The van der Waals surface area contributed by atoms with Crippen LogP contribution in [0, 0.1) is 6.92 Å². The monoisotopic (exact) mass is 229 g/mol. The zero-order chi connectivity index (χ0) is 11.3. The van der Waals surface area contributed by atoms with Gasteiger partial charge >= 0.3 is 0 Å². The van der Waals surface area contributed by atoms with E-state index in [0.717, 1.165) is 36.9 Å². The molecule has 0 aliphatic carbocycles. The van der Waals surface area contributed by atoms with Gasteiger partial charge in [-0.3, -0.25) is 0 Å². The average Bonchev–Trinajstić information content (AvgIpc) is 2.56. The van der Waals surface area contributed by atoms with Crippen molar-refractivity contribution >= 4 is 22.4 Å². The molecule has 1 rings (SSSR count). The predicted octanol–water partition coefficient (Wildman–Crippen LogP) is 1.90. The molecule has 0 saturated heterocycles. The van der Waals surface area contributed by atoms with Gasteiger partial charge in [0.15, 0.2) is 0 Å². The fraction of sp³-hybridized carbons (Fsp3) is 0.700. The number of aromatic nitrogens is 1. The largest absolute Gasteiger partial charge is 0.383 e. The molecule has 0 unspecified atom stereocenters. The van der Waals surface area contributed by atoms with E-state index < -0.39 is 0 Å². The lowest BCUT2D eigenvalue weighted by Gasteiger charge is -2.21. The first-order valence-corrected chi connectivity index (χ1v) is 6.02. The summed E-state index contributed by atoms with van der Waals surface area (Å²) in [6.45, 7) is 9.51. The number of hydrogen-bond donors (Lipinski definition) is 1. The van der Waals surface area contributed by atoms with Crippen molar-refractivity contribution in [3.05, 3.63) is 5.56 Å². The van der Waals surface area contributed by atoms with Crippen molar-refractivity contribution in [3.8, 4) is 0 Å². The summed E-state index contributed by atoms with van der Waals surface area (Å²) in [6, 6.07) is 0. The van der Waals surface area contributed by atoms with Crippen LogP contribution in [0.25, 0.3) is 0 Å². The number of nitrogens with two attached hydrogens (primary N) is 1. The van der Waals surface area contributed by atoms with Gasteiger partial charge in [0.2, 0.25) is 0 Å². The molecular formula is C10H19N3OS. The van der Waals surface area contributed by atoms with Gasteiger partial charge in [0, 0.05) is 25.3 Å². The Morgan fingerprint density at radius 2 is 2.20 bits per heavy atom. The Balaban J connectivity index is 2.61. The molecule has 0 amide bonds. The Kier molecular flexibility index (Phi) is 4.84. The first-order chi connectivity index (χ1) is 7.20. The Hall–Kier alpha value is -0.810. The normalized spacial score (nSPS) is 10.6. The molecule has 0 atom stereocenters. The zero-order valence-electron chi connectivity index (χ0n) is 9.62. The molecule has 0 bridgehead atoms. The number of hydrogen-bond acceptors (Lipinski definition) is 5. The van der Waals surface area contributed by atoms with Crippen LogP contribution in [0.5, 0.6) is 0 Å². The van der Waals surface area contributed by atoms with Crippen molar-refractivity contribution in [2.45, 2.75) is 20.8 Å². The second-order valence-electron chi connectivity index (χ2n) is 3.27. The first kappa shape index (κ1) is 12.3. The summed E-state index contributed by atoms with van der Waals surface area (Å²) >= 11 is 1.46. The molecule has 0 radical (unpaired) electrons. The lowest BCUT2D eigenvalue weighted by molar-refractivity contribution is 0.154. The molecule has 0 saturated carbocycles. The van der Waals surface area contributed by atoms with E-state index in [2.05, 4.69) is 16.2 Å². The molecule has 1 aromatic rings. The highest BCUT2D eigenvalue weighted by atomic mass is 32.1. The van der Waals surface area contributed by atoms with Gasteiger partial charge in [0.25, 0.3) is 0 Å². The summed E-state index contributed by atoms with van der Waals surface area (Å²) in [5.74, 6) is 0.643. The van der Waals surface area contributed by atoms with Crippen molar-refractivity contribution in [3.63, 3.8) is 0 Å². The molecule has 5 heteroatoms. The zero-order valence-corrected chi connectivity index (χ0v) is 10.4. The SMILES string of the molecule is CCOCCN(CC)c1snc(N)c1C. The summed E-state index contributed by atoms with van der Waals surface area (Å²) in [6.07, 6.45) is 0. The number of nitrogen functional groups attached to an aromatic ring is 1. The van der Waals surface area contributed by atoms with Crippen molar-refractivity contribution in [2.24, 2.45) is 0 Å². The summed E-state index contributed by atoms with van der Waals surface area (Å²) in [4.78, 5) is 2.25. The van der Waals surface area contributed by atoms with E-state index >= 15 is 0 Å². The third-order valence-corrected chi connectivity index (χ3v) is 3.34. The molecule has 0 spiro atoms. The van der Waals surface area contributed by atoms with E-state index in [-0.39, 0.29) is 0 Å². The van der Waals surface area contributed by atoms with Crippen LogP contribution in [0.3, 0.4) is 0 Å². The lowest BCUT2D eigenvalue weighted by Crippen LogP contribution is -2.26. The van der Waals surface area contributed by atoms with Gasteiger partial charge in [0.1, 0.15) is 10.8 Å². The molecule has 15 heavy (non-hydrogen) atoms. The third-order valence-electron chi connectivity index (χ3n) is 2.31. The first-order valence-electron chi connectivity index (χ1n) is 5.25. The van der Waals surface area contributed by atoms with E-state index in [9.17, 15) is 0 Å². The van der Waals surface area contributed by atoms with E-state index in [4.69, 9.17) is 10.5 Å². The van der Waals surface area contributed by atoms with E-state index in [1.165, 1.54) is 11.5 Å². The van der Waals surface area contributed by atoms with Crippen LogP contribution in [-0.2, 0) is 4.74 Å². The van der Waals surface area contributed by atoms with Crippen LogP contribution < -0.4 is 10.6 Å². The second kappa shape index (κ2) is 5.92. The maximum Gasteiger partial charge on any atom is 0.142 e. The average molecular weight is 229 g/mol. The third kappa shape index (κ3) is 3.07. The summed E-state index contributed by atoms with van der Waals surface area (Å²) in [5.41, 5.74) is 6.81. The minimum Gasteiger partial charge on any atom is -0.383 e. The maximum atomic E-state index is 5.73. The van der Waals surface area contributed by atoms with E-state index in [1.54, 1.807) is 0 Å². The second-order valence-corrected chi connectivity index (χ2v) is 4.03. The Morgan fingerprint density at radius 1 is 1.47 bits per heavy atom. The molecule has 0 aliphatic rings. The molecule has 1 aromatic heterocycles. The fourth-order valence-electron chi connectivity index (χ4n) is 1.36. The van der Waals surface area contributed by atoms with Crippen LogP contribution in [-0.4, -0.2) is 30.7 Å². The molecule has 4 nitrogen and oxygen atoms in total. The predicted molar refractivity (Wildman–Crippen MR) is 65.6 cm³/mol. The number of rotatable bonds is 6. The van der Waals surface area contributed by atoms with E-state index in [0.29, 0.717) is 5.82 Å². The minimum atomic E-state index is 0.643. The number of likely N-dealkylation sites (N-methyl/N-ethyl adjacent to an activating group) is 1. The molecule has 86 valence electrons. The van der Waals surface area contributed by atoms with Gasteiger partial charge in [-0.1, -0.05) is 0 Å². The number of ether oxygens (including phenoxy) is 1. The molecule has 0 aromatic carbocycles. The fourth-order valence-corrected chi connectivity index (χ4v) is 2.26. The van der Waals surface area contributed by atoms with Crippen molar-refractivity contribution in [1.29, 1.82) is 0 Å². The quantitative estimate of drug-likeness (QED) is 0.757. The van der Waals surface area contributed by atoms with Gasteiger partial charge in [-0.15, -0.1) is 0 Å². The van der Waals surface area contributed by atoms with Crippen LogP contribution in [0.15, 0.2) is 0 Å². The Labute approximate surface area is 95.2 Å². The maximum absolute atomic E-state index is 5.73. The molecule has 1 heterocycles. The van der Waals surface area contributed by atoms with Crippen molar-refractivity contribution < 1.29 is 4.74 Å². The highest BCUT2D eigenvalue weighted by Gasteiger charge is 2.12. The van der Waals surface area contributed by atoms with Gasteiger partial charge in [-0.05, 0) is 32.3 Å². The van der Waals surface area contributed by atoms with Crippen LogP contribution in [0.4, 0.5) is 10.8 Å². The molecule has 0 aliphatic heterocycles. The van der Waals surface area contributed by atoms with Gasteiger partial charge < -0.3 is 15.4 Å². The van der Waals surface area contributed by atoms with Gasteiger partial charge in [0.05, 0.1) is 6.61 Å². The molecular weight excluding hydrogens is 210 g/mol. The Bertz CT molecular complexity index is 301. The summed E-state index contributed by atoms with van der Waals surface area (Å²) in [7, 11) is 0. The van der Waals surface area contributed by atoms with Crippen LogP contribution in [0.1, 0.15) is 19.4 Å². The number of anilines is 2. The standard InChI is InChI=1S/C10H19N3OS/c1-4-13(6-7-14-5-2)10-8(3)9(11)12-15-10/h4-7H2,1-3H3,(H2,11,12). The summed E-state index contributed by atoms with van der Waals surface area (Å²) < 4.78 is 9.50. The van der Waals surface area contributed by atoms with Crippen molar-refractivity contribution in [1.82, 2.24) is 4.37 Å². The van der Waals surface area contributed by atoms with Gasteiger partial charge in [-0.2, -0.15) is 4.37 Å². The van der Waals surface area contributed by atoms with E-state index in [1.807, 2.05) is 13.8 Å². The van der Waals surface area contributed by atoms with Crippen molar-refractivity contribution in [2.75, 3.05) is 36.9 Å². The molecule has 0 fully saturated rings. The van der Waals surface area contributed by atoms with Crippen LogP contribution >= 0.6 is 11.5 Å². The van der Waals surface area contributed by atoms with Crippen LogP contribution in [0.2, 0.25) is 0 Å². The smallest absolute Gasteiger partial charge is 0.142 e. The van der Waals surface area contributed by atoms with Gasteiger partial charge in [-0.25, -0.2) is 0 Å². The highest BCUT2D eigenvalue weighted by molar-refractivity contribution is 7.10. The minimum absolute atomic E-state index is 0.643.